The van der Waals surface area contributed by atoms with Gasteiger partial charge in [-0.25, -0.2) is 0 Å². The lowest BCUT2D eigenvalue weighted by atomic mass is 9.98. The van der Waals surface area contributed by atoms with E-state index in [1.165, 1.54) is 0 Å². The number of nitrogens with one attached hydrogen (secondary N) is 1. The van der Waals surface area contributed by atoms with Crippen LogP contribution in [0.15, 0.2) is 0 Å². The van der Waals surface area contributed by atoms with Gasteiger partial charge in [0.2, 0.25) is 0 Å². The fourth-order valence-corrected chi connectivity index (χ4v) is 1.57. The van der Waals surface area contributed by atoms with Gasteiger partial charge in [0.25, 0.3) is 0 Å². The average molecular weight is 241 g/mol. The highest BCUT2D eigenvalue weighted by molar-refractivity contribution is 4.64. The van der Waals surface area contributed by atoms with Crippen molar-refractivity contribution in [2.45, 2.75) is 33.4 Å². The summed E-state index contributed by atoms with van der Waals surface area (Å²) < 4.78 is 40.3. The molecule has 16 heavy (non-hydrogen) atoms. The van der Waals surface area contributed by atoms with Crippen molar-refractivity contribution in [1.29, 1.82) is 0 Å². The molecule has 0 aliphatic heterocycles. The molecule has 0 saturated carbocycles. The zero-order valence-electron chi connectivity index (χ0n) is 10.2. The molecule has 1 N–H and O–H groups in total. The normalized spacial score (nSPS) is 14.4. The standard InChI is InChI=1S/C11H22F3NO/c1-4-15-6-10(5-9(2)3)7-16-8-11(12,13)14/h9-10,15H,4-8H2,1-3H3. The van der Waals surface area contributed by atoms with Crippen molar-refractivity contribution in [3.8, 4) is 0 Å². The Labute approximate surface area is 95.5 Å². The van der Waals surface area contributed by atoms with Gasteiger partial charge in [-0.2, -0.15) is 13.2 Å². The minimum Gasteiger partial charge on any atom is -0.372 e. The fourth-order valence-electron chi connectivity index (χ4n) is 1.57. The summed E-state index contributed by atoms with van der Waals surface area (Å²) in [5.41, 5.74) is 0. The maximum absolute atomic E-state index is 11.9. The summed E-state index contributed by atoms with van der Waals surface area (Å²) in [6.07, 6.45) is -3.34. The Morgan fingerprint density at radius 3 is 2.31 bits per heavy atom. The minimum atomic E-state index is -4.22. The molecule has 1 unspecified atom stereocenters. The van der Waals surface area contributed by atoms with Crippen molar-refractivity contribution in [2.75, 3.05) is 26.3 Å². The molecule has 1 atom stereocenters. The SMILES string of the molecule is CCNCC(COCC(F)(F)F)CC(C)C. The van der Waals surface area contributed by atoms with Gasteiger partial charge in [0, 0.05) is 6.54 Å². The smallest absolute Gasteiger partial charge is 0.372 e. The van der Waals surface area contributed by atoms with Crippen LogP contribution in [0.1, 0.15) is 27.2 Å². The topological polar surface area (TPSA) is 21.3 Å². The van der Waals surface area contributed by atoms with E-state index < -0.39 is 12.8 Å². The van der Waals surface area contributed by atoms with E-state index in [9.17, 15) is 13.2 Å². The third-order valence-corrected chi connectivity index (χ3v) is 2.11. The molecule has 98 valence electrons. The van der Waals surface area contributed by atoms with Crippen molar-refractivity contribution in [3.05, 3.63) is 0 Å². The van der Waals surface area contributed by atoms with Crippen LogP contribution < -0.4 is 5.32 Å². The van der Waals surface area contributed by atoms with E-state index in [4.69, 9.17) is 4.74 Å². The van der Waals surface area contributed by atoms with Gasteiger partial charge < -0.3 is 10.1 Å². The van der Waals surface area contributed by atoms with Crippen LogP contribution >= 0.6 is 0 Å². The van der Waals surface area contributed by atoms with Crippen LogP contribution in [0.4, 0.5) is 13.2 Å². The summed E-state index contributed by atoms with van der Waals surface area (Å²) >= 11 is 0. The maximum atomic E-state index is 11.9. The molecule has 0 heterocycles. The van der Waals surface area contributed by atoms with Crippen LogP contribution in [0.25, 0.3) is 0 Å². The Hall–Kier alpha value is -0.290. The highest BCUT2D eigenvalue weighted by atomic mass is 19.4. The number of alkyl halides is 3. The highest BCUT2D eigenvalue weighted by Crippen LogP contribution is 2.17. The van der Waals surface area contributed by atoms with Gasteiger partial charge in [-0.1, -0.05) is 20.8 Å². The van der Waals surface area contributed by atoms with Gasteiger partial charge in [0.05, 0.1) is 6.61 Å². The van der Waals surface area contributed by atoms with Gasteiger partial charge in [-0.15, -0.1) is 0 Å². The van der Waals surface area contributed by atoms with E-state index >= 15 is 0 Å². The molecule has 0 aromatic carbocycles. The van der Waals surface area contributed by atoms with E-state index in [1.54, 1.807) is 0 Å². The number of hydrogen-bond acceptors (Lipinski definition) is 2. The molecule has 0 spiro atoms. The van der Waals surface area contributed by atoms with E-state index in [0.717, 1.165) is 13.0 Å². The zero-order valence-corrected chi connectivity index (χ0v) is 10.2. The second kappa shape index (κ2) is 7.90. The zero-order chi connectivity index (χ0) is 12.6. The number of hydrogen-bond donors (Lipinski definition) is 1. The Morgan fingerprint density at radius 1 is 1.25 bits per heavy atom. The summed E-state index contributed by atoms with van der Waals surface area (Å²) in [5, 5.41) is 3.14. The monoisotopic (exact) mass is 241 g/mol. The Balaban J connectivity index is 3.82. The number of rotatable bonds is 8. The first-order valence-corrected chi connectivity index (χ1v) is 5.70. The van der Waals surface area contributed by atoms with Crippen molar-refractivity contribution in [3.63, 3.8) is 0 Å². The van der Waals surface area contributed by atoms with Gasteiger partial charge in [-0.3, -0.25) is 0 Å². The van der Waals surface area contributed by atoms with Crippen LogP contribution in [0, 0.1) is 11.8 Å². The van der Waals surface area contributed by atoms with Gasteiger partial charge in [-0.05, 0) is 24.8 Å². The second-order valence-electron chi connectivity index (χ2n) is 4.43. The van der Waals surface area contributed by atoms with Crippen molar-refractivity contribution >= 4 is 0 Å². The van der Waals surface area contributed by atoms with E-state index in [2.05, 4.69) is 19.2 Å². The van der Waals surface area contributed by atoms with Gasteiger partial charge in [0.1, 0.15) is 6.61 Å². The first kappa shape index (κ1) is 15.7. The molecule has 0 fully saturated rings. The molecule has 0 aromatic rings. The Kier molecular flexibility index (Phi) is 7.76. The predicted octanol–water partition coefficient (Wildman–Crippen LogP) is 2.84. The average Bonchev–Trinajstić information content (AvgIpc) is 2.11. The summed E-state index contributed by atoms with van der Waals surface area (Å²) in [5.74, 6) is 0.625. The van der Waals surface area contributed by atoms with Gasteiger partial charge in [0.15, 0.2) is 0 Å². The van der Waals surface area contributed by atoms with Crippen LogP contribution in [0.3, 0.4) is 0 Å². The lowest BCUT2D eigenvalue weighted by Crippen LogP contribution is -2.29. The Morgan fingerprint density at radius 2 is 1.88 bits per heavy atom. The number of halogens is 3. The van der Waals surface area contributed by atoms with Crippen LogP contribution in [0.5, 0.6) is 0 Å². The molecule has 0 radical (unpaired) electrons. The second-order valence-corrected chi connectivity index (χ2v) is 4.43. The molecule has 0 rings (SSSR count). The Bertz CT molecular complexity index is 171. The molecule has 0 amide bonds. The molecule has 0 aliphatic rings. The predicted molar refractivity (Wildman–Crippen MR) is 58.4 cm³/mol. The summed E-state index contributed by atoms with van der Waals surface area (Å²) in [6, 6.07) is 0. The van der Waals surface area contributed by atoms with Crippen LogP contribution in [-0.2, 0) is 4.74 Å². The van der Waals surface area contributed by atoms with Crippen molar-refractivity contribution < 1.29 is 17.9 Å². The third-order valence-electron chi connectivity index (χ3n) is 2.11. The van der Waals surface area contributed by atoms with Crippen molar-refractivity contribution in [1.82, 2.24) is 5.32 Å². The third kappa shape index (κ3) is 10.2. The molecule has 5 heteroatoms. The largest absolute Gasteiger partial charge is 0.411 e. The summed E-state index contributed by atoms with van der Waals surface area (Å²) in [4.78, 5) is 0. The molecular formula is C11H22F3NO. The number of ether oxygens (including phenoxy) is 1. The van der Waals surface area contributed by atoms with Gasteiger partial charge >= 0.3 is 6.18 Å². The first-order valence-electron chi connectivity index (χ1n) is 5.70. The first-order chi connectivity index (χ1) is 7.35. The van der Waals surface area contributed by atoms with Crippen LogP contribution in [-0.4, -0.2) is 32.5 Å². The minimum absolute atomic E-state index is 0.155. The fraction of sp³-hybridized carbons (Fsp3) is 1.00. The van der Waals surface area contributed by atoms with Crippen molar-refractivity contribution in [2.24, 2.45) is 11.8 Å². The molecular weight excluding hydrogens is 219 g/mol. The van der Waals surface area contributed by atoms with E-state index in [0.29, 0.717) is 12.5 Å². The summed E-state index contributed by atoms with van der Waals surface area (Å²) in [6.45, 7) is 6.66. The van der Waals surface area contributed by atoms with Crippen LogP contribution in [0.2, 0.25) is 0 Å². The molecule has 0 aromatic heterocycles. The maximum Gasteiger partial charge on any atom is 0.411 e. The van der Waals surface area contributed by atoms with E-state index in [-0.39, 0.29) is 12.5 Å². The lowest BCUT2D eigenvalue weighted by molar-refractivity contribution is -0.176. The van der Waals surface area contributed by atoms with E-state index in [1.807, 2.05) is 6.92 Å². The highest BCUT2D eigenvalue weighted by Gasteiger charge is 2.27. The molecule has 0 bridgehead atoms. The summed E-state index contributed by atoms with van der Waals surface area (Å²) in [7, 11) is 0. The molecule has 0 saturated heterocycles. The molecule has 0 aliphatic carbocycles. The molecule has 2 nitrogen and oxygen atoms in total. The quantitative estimate of drug-likeness (QED) is 0.705. The lowest BCUT2D eigenvalue weighted by Gasteiger charge is -2.19.